The topological polar surface area (TPSA) is 83.0 Å². The van der Waals surface area contributed by atoms with Crippen molar-refractivity contribution in [1.82, 2.24) is 15.0 Å². The molecular weight excluding hydrogens is 394 g/mol. The minimum atomic E-state index is -0.159. The van der Waals surface area contributed by atoms with E-state index in [1.165, 1.54) is 5.56 Å². The molecular formula is C19H20BrN5O. The van der Waals surface area contributed by atoms with E-state index >= 15 is 0 Å². The first-order valence-corrected chi connectivity index (χ1v) is 9.05. The van der Waals surface area contributed by atoms with Gasteiger partial charge in [-0.3, -0.25) is 4.98 Å². The molecule has 3 N–H and O–H groups in total. The highest BCUT2D eigenvalue weighted by Gasteiger charge is 2.11. The number of aryl methyl sites for hydroxylation is 1. The van der Waals surface area contributed by atoms with Gasteiger partial charge in [-0.15, -0.1) is 0 Å². The highest BCUT2D eigenvalue weighted by atomic mass is 79.9. The SMILES string of the molecule is Cc1ccc(Nc2cc(-c3ccccn3)nc(N[C@H](C)CO)n2)c(Br)c1. The first kappa shape index (κ1) is 18.3. The van der Waals surface area contributed by atoms with Crippen LogP contribution in [0.2, 0.25) is 0 Å². The maximum atomic E-state index is 9.30. The molecule has 3 aromatic rings. The molecule has 0 bridgehead atoms. The van der Waals surface area contributed by atoms with Crippen LogP contribution < -0.4 is 10.6 Å². The van der Waals surface area contributed by atoms with Crippen molar-refractivity contribution in [1.29, 1.82) is 0 Å². The van der Waals surface area contributed by atoms with Gasteiger partial charge in [0.05, 0.1) is 23.7 Å². The third-order valence-electron chi connectivity index (χ3n) is 3.69. The lowest BCUT2D eigenvalue weighted by Gasteiger charge is -2.14. The van der Waals surface area contributed by atoms with E-state index in [1.807, 2.05) is 56.3 Å². The lowest BCUT2D eigenvalue weighted by atomic mass is 10.2. The van der Waals surface area contributed by atoms with E-state index in [9.17, 15) is 5.11 Å². The molecule has 0 amide bonds. The monoisotopic (exact) mass is 413 g/mol. The van der Waals surface area contributed by atoms with Crippen LogP contribution in [0.5, 0.6) is 0 Å². The summed E-state index contributed by atoms with van der Waals surface area (Å²) in [6, 6.07) is 13.4. The van der Waals surface area contributed by atoms with Crippen molar-refractivity contribution >= 4 is 33.4 Å². The fraction of sp³-hybridized carbons (Fsp3) is 0.211. The predicted molar refractivity (Wildman–Crippen MR) is 108 cm³/mol. The summed E-state index contributed by atoms with van der Waals surface area (Å²) in [6.45, 7) is 3.89. The largest absolute Gasteiger partial charge is 0.394 e. The Balaban J connectivity index is 1.98. The van der Waals surface area contributed by atoms with Crippen molar-refractivity contribution in [3.8, 4) is 11.4 Å². The fourth-order valence-corrected chi connectivity index (χ4v) is 2.94. The molecule has 0 saturated heterocycles. The van der Waals surface area contributed by atoms with Gasteiger partial charge in [-0.1, -0.05) is 12.1 Å². The van der Waals surface area contributed by atoms with E-state index in [0.717, 1.165) is 15.9 Å². The molecule has 6 nitrogen and oxygen atoms in total. The molecule has 0 saturated carbocycles. The van der Waals surface area contributed by atoms with E-state index in [-0.39, 0.29) is 12.6 Å². The number of nitrogens with one attached hydrogen (secondary N) is 2. The Morgan fingerprint density at radius 2 is 1.96 bits per heavy atom. The maximum absolute atomic E-state index is 9.30. The number of hydrogen-bond acceptors (Lipinski definition) is 6. The number of hydrogen-bond donors (Lipinski definition) is 3. The van der Waals surface area contributed by atoms with E-state index in [1.54, 1.807) is 6.20 Å². The smallest absolute Gasteiger partial charge is 0.225 e. The van der Waals surface area contributed by atoms with Crippen molar-refractivity contribution < 1.29 is 5.11 Å². The second kappa shape index (κ2) is 8.25. The average Bonchev–Trinajstić information content (AvgIpc) is 2.64. The van der Waals surface area contributed by atoms with Gasteiger partial charge in [0.15, 0.2) is 0 Å². The van der Waals surface area contributed by atoms with E-state index in [0.29, 0.717) is 17.5 Å². The van der Waals surface area contributed by atoms with Crippen LogP contribution in [0.25, 0.3) is 11.4 Å². The normalized spacial score (nSPS) is 11.8. The van der Waals surface area contributed by atoms with Crippen LogP contribution in [0.4, 0.5) is 17.5 Å². The molecule has 26 heavy (non-hydrogen) atoms. The van der Waals surface area contributed by atoms with Crippen LogP contribution in [0.15, 0.2) is 53.1 Å². The first-order chi connectivity index (χ1) is 12.5. The lowest BCUT2D eigenvalue weighted by molar-refractivity contribution is 0.281. The van der Waals surface area contributed by atoms with Crippen LogP contribution in [0.3, 0.4) is 0 Å². The summed E-state index contributed by atoms with van der Waals surface area (Å²) in [5, 5.41) is 15.7. The Morgan fingerprint density at radius 1 is 1.12 bits per heavy atom. The highest BCUT2D eigenvalue weighted by Crippen LogP contribution is 2.28. The number of aromatic nitrogens is 3. The zero-order valence-corrected chi connectivity index (χ0v) is 16.2. The third-order valence-corrected chi connectivity index (χ3v) is 4.35. The van der Waals surface area contributed by atoms with Crippen molar-refractivity contribution in [2.75, 3.05) is 17.2 Å². The van der Waals surface area contributed by atoms with Crippen LogP contribution in [0, 0.1) is 6.92 Å². The Hall–Kier alpha value is -2.51. The van der Waals surface area contributed by atoms with Crippen molar-refractivity contribution in [2.24, 2.45) is 0 Å². The van der Waals surface area contributed by atoms with Gasteiger partial charge in [0.25, 0.3) is 0 Å². The number of aliphatic hydroxyl groups is 1. The molecule has 0 aliphatic carbocycles. The second-order valence-electron chi connectivity index (χ2n) is 6.01. The molecule has 1 aromatic carbocycles. The van der Waals surface area contributed by atoms with Gasteiger partial charge in [0, 0.05) is 22.8 Å². The zero-order chi connectivity index (χ0) is 18.5. The third kappa shape index (κ3) is 4.56. The number of benzene rings is 1. The molecule has 0 spiro atoms. The zero-order valence-electron chi connectivity index (χ0n) is 14.6. The molecule has 7 heteroatoms. The van der Waals surface area contributed by atoms with Crippen molar-refractivity contribution in [2.45, 2.75) is 19.9 Å². The summed E-state index contributed by atoms with van der Waals surface area (Å²) in [7, 11) is 0. The summed E-state index contributed by atoms with van der Waals surface area (Å²) < 4.78 is 0.953. The maximum Gasteiger partial charge on any atom is 0.225 e. The number of rotatable bonds is 6. The van der Waals surface area contributed by atoms with E-state index in [4.69, 9.17) is 0 Å². The Bertz CT molecular complexity index is 888. The molecule has 0 fully saturated rings. The summed E-state index contributed by atoms with van der Waals surface area (Å²) in [6.07, 6.45) is 1.73. The number of pyridine rings is 1. The first-order valence-electron chi connectivity index (χ1n) is 8.26. The quantitative estimate of drug-likeness (QED) is 0.562. The van der Waals surface area contributed by atoms with Crippen LogP contribution in [-0.2, 0) is 0 Å². The van der Waals surface area contributed by atoms with Gasteiger partial charge in [0.1, 0.15) is 5.82 Å². The average molecular weight is 414 g/mol. The van der Waals surface area contributed by atoms with Gasteiger partial charge in [-0.05, 0) is 59.6 Å². The fourth-order valence-electron chi connectivity index (χ4n) is 2.35. The summed E-state index contributed by atoms with van der Waals surface area (Å²) in [5.74, 6) is 1.07. The van der Waals surface area contributed by atoms with Crippen LogP contribution in [-0.4, -0.2) is 32.7 Å². The summed E-state index contributed by atoms with van der Waals surface area (Å²) in [5.41, 5.74) is 3.51. The van der Waals surface area contributed by atoms with Gasteiger partial charge < -0.3 is 15.7 Å². The summed E-state index contributed by atoms with van der Waals surface area (Å²) >= 11 is 3.57. The van der Waals surface area contributed by atoms with Gasteiger partial charge >= 0.3 is 0 Å². The van der Waals surface area contributed by atoms with Crippen molar-refractivity contribution in [3.05, 3.63) is 58.7 Å². The van der Waals surface area contributed by atoms with Gasteiger partial charge in [0.2, 0.25) is 5.95 Å². The van der Waals surface area contributed by atoms with Gasteiger partial charge in [-0.25, -0.2) is 4.98 Å². The standard InChI is InChI=1S/C19H20BrN5O/c1-12-6-7-15(14(20)9-12)23-18-10-17(16-5-3-4-8-21-16)24-19(25-18)22-13(2)11-26/h3-10,13,26H,11H2,1-2H3,(H2,22,23,24,25)/t13-/m1/s1. The molecule has 0 aliphatic rings. The molecule has 0 radical (unpaired) electrons. The second-order valence-corrected chi connectivity index (χ2v) is 6.87. The Kier molecular flexibility index (Phi) is 5.80. The minimum Gasteiger partial charge on any atom is -0.394 e. The molecule has 3 rings (SSSR count). The van der Waals surface area contributed by atoms with E-state index < -0.39 is 0 Å². The number of aliphatic hydroxyl groups excluding tert-OH is 1. The Morgan fingerprint density at radius 3 is 2.65 bits per heavy atom. The number of halogens is 1. The van der Waals surface area contributed by atoms with Gasteiger partial charge in [-0.2, -0.15) is 4.98 Å². The molecule has 0 aliphatic heterocycles. The van der Waals surface area contributed by atoms with Crippen LogP contribution >= 0.6 is 15.9 Å². The Labute approximate surface area is 160 Å². The lowest BCUT2D eigenvalue weighted by Crippen LogP contribution is -2.21. The minimum absolute atomic E-state index is 0.0105. The summed E-state index contributed by atoms with van der Waals surface area (Å²) in [4.78, 5) is 13.4. The molecule has 2 heterocycles. The van der Waals surface area contributed by atoms with Crippen molar-refractivity contribution in [3.63, 3.8) is 0 Å². The number of anilines is 3. The number of nitrogens with zero attached hydrogens (tertiary/aromatic N) is 3. The molecule has 0 unspecified atom stereocenters. The molecule has 1 atom stereocenters. The molecule has 2 aromatic heterocycles. The molecule has 134 valence electrons. The van der Waals surface area contributed by atoms with Crippen LogP contribution in [0.1, 0.15) is 12.5 Å². The highest BCUT2D eigenvalue weighted by molar-refractivity contribution is 9.10. The predicted octanol–water partition coefficient (Wildman–Crippen LogP) is 4.15. The van der Waals surface area contributed by atoms with E-state index in [2.05, 4.69) is 41.5 Å².